The average Bonchev–Trinajstić information content (AvgIpc) is 2.96. The molecule has 0 radical (unpaired) electrons. The molecule has 5 nitrogen and oxygen atoms in total. The van der Waals surface area contributed by atoms with Crippen LogP contribution in [0.25, 0.3) is 0 Å². The van der Waals surface area contributed by atoms with E-state index in [9.17, 15) is 0 Å². The van der Waals surface area contributed by atoms with E-state index in [0.29, 0.717) is 6.04 Å². The van der Waals surface area contributed by atoms with Crippen LogP contribution in [-0.4, -0.2) is 44.8 Å². The molecule has 5 heteroatoms. The van der Waals surface area contributed by atoms with Crippen LogP contribution in [-0.2, 0) is 7.05 Å². The highest BCUT2D eigenvalue weighted by Gasteiger charge is 2.32. The van der Waals surface area contributed by atoms with Gasteiger partial charge in [-0.1, -0.05) is 0 Å². The molecule has 0 aliphatic carbocycles. The van der Waals surface area contributed by atoms with E-state index in [2.05, 4.69) is 27.3 Å². The number of aryl methyl sites for hydroxylation is 1. The lowest BCUT2D eigenvalue weighted by Crippen LogP contribution is -2.46. The van der Waals surface area contributed by atoms with Gasteiger partial charge in [0.15, 0.2) is 0 Å². The Kier molecular flexibility index (Phi) is 3.35. The van der Waals surface area contributed by atoms with Crippen LogP contribution in [0.3, 0.4) is 0 Å². The molecule has 3 atom stereocenters. The Balaban J connectivity index is 1.58. The number of fused-ring (bicyclic) bond motifs is 1. The van der Waals surface area contributed by atoms with Gasteiger partial charge in [-0.15, -0.1) is 10.2 Å². The molecule has 3 rings (SSSR count). The van der Waals surface area contributed by atoms with Gasteiger partial charge in [0.1, 0.15) is 12.2 Å². The van der Waals surface area contributed by atoms with E-state index in [0.717, 1.165) is 11.9 Å². The zero-order valence-electron chi connectivity index (χ0n) is 11.3. The molecule has 18 heavy (non-hydrogen) atoms. The second kappa shape index (κ2) is 4.97. The fourth-order valence-electron chi connectivity index (χ4n) is 3.49. The second-order valence-corrected chi connectivity index (χ2v) is 5.74. The molecule has 2 aliphatic heterocycles. The lowest BCUT2D eigenvalue weighted by Gasteiger charge is -2.36. The highest BCUT2D eigenvalue weighted by Crippen LogP contribution is 2.27. The topological polar surface area (TPSA) is 46.0 Å². The van der Waals surface area contributed by atoms with Crippen molar-refractivity contribution in [2.24, 2.45) is 7.05 Å². The Morgan fingerprint density at radius 3 is 3.06 bits per heavy atom. The minimum atomic E-state index is 0.287. The number of hydrogen-bond acceptors (Lipinski definition) is 4. The molecule has 2 fully saturated rings. The van der Waals surface area contributed by atoms with E-state index in [4.69, 9.17) is 0 Å². The van der Waals surface area contributed by atoms with E-state index in [1.54, 1.807) is 6.33 Å². The predicted molar refractivity (Wildman–Crippen MR) is 70.2 cm³/mol. The third-order valence-corrected chi connectivity index (χ3v) is 4.44. The zero-order valence-corrected chi connectivity index (χ0v) is 11.3. The summed E-state index contributed by atoms with van der Waals surface area (Å²) in [5, 5.41) is 11.9. The number of piperidine rings is 1. The van der Waals surface area contributed by atoms with Crippen molar-refractivity contribution >= 4 is 0 Å². The third-order valence-electron chi connectivity index (χ3n) is 4.44. The molecule has 0 spiro atoms. The largest absolute Gasteiger partial charge is 0.319 e. The molecule has 0 bridgehead atoms. The van der Waals surface area contributed by atoms with Crippen molar-refractivity contribution in [1.82, 2.24) is 25.0 Å². The van der Waals surface area contributed by atoms with Crippen molar-refractivity contribution in [2.75, 3.05) is 13.1 Å². The van der Waals surface area contributed by atoms with Crippen LogP contribution in [0.5, 0.6) is 0 Å². The van der Waals surface area contributed by atoms with Crippen molar-refractivity contribution in [3.8, 4) is 0 Å². The molecule has 0 saturated carbocycles. The summed E-state index contributed by atoms with van der Waals surface area (Å²) >= 11 is 0. The Bertz CT molecular complexity index is 402. The molecule has 100 valence electrons. The highest BCUT2D eigenvalue weighted by molar-refractivity contribution is 4.96. The van der Waals surface area contributed by atoms with Crippen LogP contribution < -0.4 is 5.32 Å². The van der Waals surface area contributed by atoms with Crippen LogP contribution in [0.1, 0.15) is 44.5 Å². The number of nitrogens with zero attached hydrogens (tertiary/aromatic N) is 4. The molecule has 3 heterocycles. The summed E-state index contributed by atoms with van der Waals surface area (Å²) in [6.45, 7) is 4.76. The molecule has 1 N–H and O–H groups in total. The van der Waals surface area contributed by atoms with Gasteiger partial charge in [-0.3, -0.25) is 0 Å². The van der Waals surface area contributed by atoms with Gasteiger partial charge in [0.25, 0.3) is 0 Å². The van der Waals surface area contributed by atoms with Crippen molar-refractivity contribution in [3.05, 3.63) is 12.2 Å². The lowest BCUT2D eigenvalue weighted by molar-refractivity contribution is 0.161. The van der Waals surface area contributed by atoms with Gasteiger partial charge >= 0.3 is 0 Å². The summed E-state index contributed by atoms with van der Waals surface area (Å²) in [5.41, 5.74) is 0. The number of hydrogen-bond donors (Lipinski definition) is 1. The standard InChI is InChI=1S/C13H23N5/c1-10(13-16-14-9-17(13)2)15-11-5-7-18-6-3-4-12(18)8-11/h9-12,15H,3-8H2,1-2H3. The smallest absolute Gasteiger partial charge is 0.149 e. The van der Waals surface area contributed by atoms with Gasteiger partial charge in [-0.05, 0) is 45.7 Å². The van der Waals surface area contributed by atoms with Crippen LogP contribution >= 0.6 is 0 Å². The number of rotatable bonds is 3. The average molecular weight is 249 g/mol. The minimum absolute atomic E-state index is 0.287. The number of nitrogens with one attached hydrogen (secondary N) is 1. The molecular weight excluding hydrogens is 226 g/mol. The van der Waals surface area contributed by atoms with Gasteiger partial charge in [-0.2, -0.15) is 0 Å². The summed E-state index contributed by atoms with van der Waals surface area (Å²) in [6, 6.07) is 1.74. The maximum Gasteiger partial charge on any atom is 0.149 e. The lowest BCUT2D eigenvalue weighted by atomic mass is 9.97. The van der Waals surface area contributed by atoms with Crippen molar-refractivity contribution in [2.45, 2.75) is 50.7 Å². The van der Waals surface area contributed by atoms with Crippen molar-refractivity contribution in [3.63, 3.8) is 0 Å². The van der Waals surface area contributed by atoms with Crippen molar-refractivity contribution in [1.29, 1.82) is 0 Å². The highest BCUT2D eigenvalue weighted by atomic mass is 15.3. The quantitative estimate of drug-likeness (QED) is 0.871. The molecule has 2 aliphatic rings. The van der Waals surface area contributed by atoms with E-state index < -0.39 is 0 Å². The van der Waals surface area contributed by atoms with Crippen LogP contribution in [0.15, 0.2) is 6.33 Å². The van der Waals surface area contributed by atoms with E-state index in [1.165, 1.54) is 38.8 Å². The maximum atomic E-state index is 4.19. The van der Waals surface area contributed by atoms with E-state index in [-0.39, 0.29) is 6.04 Å². The second-order valence-electron chi connectivity index (χ2n) is 5.74. The SMILES string of the molecule is CC(NC1CCN2CCCC2C1)c1nncn1C. The van der Waals surface area contributed by atoms with Crippen LogP contribution in [0, 0.1) is 0 Å². The molecule has 2 saturated heterocycles. The Hall–Kier alpha value is -0.940. The Morgan fingerprint density at radius 1 is 1.39 bits per heavy atom. The van der Waals surface area contributed by atoms with Crippen LogP contribution in [0.2, 0.25) is 0 Å². The number of aromatic nitrogens is 3. The fraction of sp³-hybridized carbons (Fsp3) is 0.846. The third kappa shape index (κ3) is 2.29. The summed E-state index contributed by atoms with van der Waals surface area (Å²) in [6.07, 6.45) is 7.10. The van der Waals surface area contributed by atoms with E-state index >= 15 is 0 Å². The molecule has 1 aromatic heterocycles. The normalized spacial score (nSPS) is 30.3. The van der Waals surface area contributed by atoms with Gasteiger partial charge < -0.3 is 14.8 Å². The first-order chi connectivity index (χ1) is 8.74. The maximum absolute atomic E-state index is 4.19. The monoisotopic (exact) mass is 249 g/mol. The molecule has 1 aromatic rings. The summed E-state index contributed by atoms with van der Waals surface area (Å²) in [4.78, 5) is 2.66. The first kappa shape index (κ1) is 12.1. The first-order valence-electron chi connectivity index (χ1n) is 7.08. The first-order valence-corrected chi connectivity index (χ1v) is 7.08. The summed E-state index contributed by atoms with van der Waals surface area (Å²) < 4.78 is 2.00. The van der Waals surface area contributed by atoms with Gasteiger partial charge in [-0.25, -0.2) is 0 Å². The Morgan fingerprint density at radius 2 is 2.28 bits per heavy atom. The minimum Gasteiger partial charge on any atom is -0.319 e. The summed E-state index contributed by atoms with van der Waals surface area (Å²) in [5.74, 6) is 1.03. The molecule has 0 aromatic carbocycles. The Labute approximate surface area is 109 Å². The fourth-order valence-corrected chi connectivity index (χ4v) is 3.49. The zero-order chi connectivity index (χ0) is 12.5. The van der Waals surface area contributed by atoms with Gasteiger partial charge in [0, 0.05) is 19.1 Å². The summed E-state index contributed by atoms with van der Waals surface area (Å²) in [7, 11) is 2.01. The van der Waals surface area contributed by atoms with Gasteiger partial charge in [0.2, 0.25) is 0 Å². The van der Waals surface area contributed by atoms with E-state index in [1.807, 2.05) is 11.6 Å². The van der Waals surface area contributed by atoms with Gasteiger partial charge in [0.05, 0.1) is 6.04 Å². The molecular formula is C13H23N5. The molecule has 0 amide bonds. The van der Waals surface area contributed by atoms with Crippen molar-refractivity contribution < 1.29 is 0 Å². The van der Waals surface area contributed by atoms with Crippen LogP contribution in [0.4, 0.5) is 0 Å². The molecule has 3 unspecified atom stereocenters. The predicted octanol–water partition coefficient (Wildman–Crippen LogP) is 1.09.